The highest BCUT2D eigenvalue weighted by Crippen LogP contribution is 2.15. The molecule has 0 aromatic heterocycles. The first kappa shape index (κ1) is 24.3. The average molecular weight is 444 g/mol. The van der Waals surface area contributed by atoms with E-state index in [1.165, 1.54) is 0 Å². The third-order valence-electron chi connectivity index (χ3n) is 4.38. The summed E-state index contributed by atoms with van der Waals surface area (Å²) in [5, 5.41) is 8.11. The quantitative estimate of drug-likeness (QED) is 0.496. The van der Waals surface area contributed by atoms with Gasteiger partial charge in [0.1, 0.15) is 11.8 Å². The van der Waals surface area contributed by atoms with Gasteiger partial charge in [-0.1, -0.05) is 17.7 Å². The van der Waals surface area contributed by atoms with E-state index in [1.54, 1.807) is 54.2 Å². The SMILES string of the molecule is CCOc1ccc(NC(=O)CNC(=O)C(CCSC)NC(=O)c2cccc(C)c2)cc1. The van der Waals surface area contributed by atoms with Gasteiger partial charge < -0.3 is 20.7 Å². The second kappa shape index (κ2) is 12.6. The second-order valence-corrected chi connectivity index (χ2v) is 7.89. The highest BCUT2D eigenvalue weighted by molar-refractivity contribution is 7.98. The summed E-state index contributed by atoms with van der Waals surface area (Å²) < 4.78 is 5.37. The van der Waals surface area contributed by atoms with Crippen molar-refractivity contribution in [2.75, 3.05) is 30.5 Å². The predicted molar refractivity (Wildman–Crippen MR) is 125 cm³/mol. The molecule has 0 aliphatic rings. The molecule has 0 heterocycles. The molecule has 166 valence electrons. The molecule has 0 aliphatic heterocycles. The van der Waals surface area contributed by atoms with Gasteiger partial charge in [-0.2, -0.15) is 11.8 Å². The summed E-state index contributed by atoms with van der Waals surface area (Å²) in [6.45, 7) is 4.17. The van der Waals surface area contributed by atoms with Gasteiger partial charge in [-0.15, -0.1) is 0 Å². The van der Waals surface area contributed by atoms with Crippen LogP contribution in [0.5, 0.6) is 5.75 Å². The van der Waals surface area contributed by atoms with Gasteiger partial charge in [0.05, 0.1) is 13.2 Å². The molecule has 0 aliphatic carbocycles. The van der Waals surface area contributed by atoms with E-state index in [9.17, 15) is 14.4 Å². The number of carbonyl (C=O) groups is 3. The van der Waals surface area contributed by atoms with Crippen LogP contribution in [0.4, 0.5) is 5.69 Å². The predicted octanol–water partition coefficient (Wildman–Crippen LogP) is 3.00. The number of carbonyl (C=O) groups excluding carboxylic acids is 3. The molecular weight excluding hydrogens is 414 g/mol. The number of aryl methyl sites for hydroxylation is 1. The van der Waals surface area contributed by atoms with Gasteiger partial charge in [0.25, 0.3) is 5.91 Å². The molecule has 2 rings (SSSR count). The number of amides is 3. The van der Waals surface area contributed by atoms with E-state index in [1.807, 2.05) is 26.2 Å². The van der Waals surface area contributed by atoms with Crippen molar-refractivity contribution in [3.05, 3.63) is 59.7 Å². The smallest absolute Gasteiger partial charge is 0.251 e. The third-order valence-corrected chi connectivity index (χ3v) is 5.03. The van der Waals surface area contributed by atoms with Crippen LogP contribution in [0.3, 0.4) is 0 Å². The van der Waals surface area contributed by atoms with Crippen molar-refractivity contribution >= 4 is 35.2 Å². The van der Waals surface area contributed by atoms with Gasteiger partial charge >= 0.3 is 0 Å². The first-order chi connectivity index (χ1) is 14.9. The van der Waals surface area contributed by atoms with Gasteiger partial charge in [-0.05, 0) is 68.7 Å². The van der Waals surface area contributed by atoms with Crippen molar-refractivity contribution in [3.8, 4) is 5.75 Å². The van der Waals surface area contributed by atoms with Crippen molar-refractivity contribution in [1.82, 2.24) is 10.6 Å². The Bertz CT molecular complexity index is 887. The zero-order valence-corrected chi connectivity index (χ0v) is 18.9. The molecule has 7 nitrogen and oxygen atoms in total. The Morgan fingerprint density at radius 2 is 1.84 bits per heavy atom. The first-order valence-corrected chi connectivity index (χ1v) is 11.5. The summed E-state index contributed by atoms with van der Waals surface area (Å²) >= 11 is 1.58. The standard InChI is InChI=1S/C23H29N3O4S/c1-4-30-19-10-8-18(9-11-19)25-21(27)15-24-23(29)20(12-13-31-3)26-22(28)17-7-5-6-16(2)14-17/h5-11,14,20H,4,12-13,15H2,1-3H3,(H,24,29)(H,25,27)(H,26,28). The lowest BCUT2D eigenvalue weighted by atomic mass is 10.1. The van der Waals surface area contributed by atoms with Crippen LogP contribution in [-0.2, 0) is 9.59 Å². The molecule has 0 saturated carbocycles. The Balaban J connectivity index is 1.90. The summed E-state index contributed by atoms with van der Waals surface area (Å²) in [5.74, 6) is 0.353. The van der Waals surface area contributed by atoms with E-state index in [0.29, 0.717) is 30.0 Å². The van der Waals surface area contributed by atoms with E-state index < -0.39 is 11.9 Å². The minimum atomic E-state index is -0.723. The lowest BCUT2D eigenvalue weighted by molar-refractivity contribution is -0.125. The Morgan fingerprint density at radius 3 is 2.48 bits per heavy atom. The molecule has 0 spiro atoms. The van der Waals surface area contributed by atoms with E-state index >= 15 is 0 Å². The summed E-state index contributed by atoms with van der Waals surface area (Å²) in [6.07, 6.45) is 2.40. The Labute approximate surface area is 187 Å². The first-order valence-electron chi connectivity index (χ1n) is 10.1. The van der Waals surface area contributed by atoms with Gasteiger partial charge in [0, 0.05) is 11.3 Å². The minimum Gasteiger partial charge on any atom is -0.494 e. The molecule has 3 amide bonds. The average Bonchev–Trinajstić information content (AvgIpc) is 2.76. The number of nitrogens with one attached hydrogen (secondary N) is 3. The summed E-state index contributed by atoms with van der Waals surface area (Å²) in [5.41, 5.74) is 2.06. The molecule has 1 atom stereocenters. The van der Waals surface area contributed by atoms with Crippen molar-refractivity contribution < 1.29 is 19.1 Å². The lowest BCUT2D eigenvalue weighted by Gasteiger charge is -2.18. The molecule has 31 heavy (non-hydrogen) atoms. The van der Waals surface area contributed by atoms with Crippen LogP contribution in [0.2, 0.25) is 0 Å². The number of rotatable bonds is 11. The fourth-order valence-electron chi connectivity index (χ4n) is 2.83. The molecule has 2 aromatic carbocycles. The number of ether oxygens (including phenoxy) is 1. The Morgan fingerprint density at radius 1 is 1.10 bits per heavy atom. The molecule has 1 unspecified atom stereocenters. The third kappa shape index (κ3) is 8.33. The molecule has 2 aromatic rings. The molecular formula is C23H29N3O4S. The van der Waals surface area contributed by atoms with E-state index in [4.69, 9.17) is 4.74 Å². The van der Waals surface area contributed by atoms with E-state index in [-0.39, 0.29) is 18.4 Å². The Kier molecular flexibility index (Phi) is 9.90. The van der Waals surface area contributed by atoms with Crippen molar-refractivity contribution in [2.45, 2.75) is 26.3 Å². The Hall–Kier alpha value is -3.00. The fraction of sp³-hybridized carbons (Fsp3) is 0.348. The van der Waals surface area contributed by atoms with Crippen LogP contribution in [0.25, 0.3) is 0 Å². The highest BCUT2D eigenvalue weighted by Gasteiger charge is 2.21. The van der Waals surface area contributed by atoms with Gasteiger partial charge in [0.2, 0.25) is 11.8 Å². The maximum atomic E-state index is 12.6. The fourth-order valence-corrected chi connectivity index (χ4v) is 3.30. The van der Waals surface area contributed by atoms with Crippen LogP contribution in [0.1, 0.15) is 29.3 Å². The number of anilines is 1. The van der Waals surface area contributed by atoms with Crippen LogP contribution in [0.15, 0.2) is 48.5 Å². The van der Waals surface area contributed by atoms with Crippen LogP contribution in [0, 0.1) is 6.92 Å². The maximum Gasteiger partial charge on any atom is 0.251 e. The molecule has 8 heteroatoms. The van der Waals surface area contributed by atoms with Gasteiger partial charge in [-0.3, -0.25) is 14.4 Å². The molecule has 0 fully saturated rings. The van der Waals surface area contributed by atoms with Crippen LogP contribution < -0.4 is 20.7 Å². The normalized spacial score (nSPS) is 11.3. The van der Waals surface area contributed by atoms with E-state index in [0.717, 1.165) is 11.3 Å². The molecule has 0 radical (unpaired) electrons. The molecule has 0 saturated heterocycles. The topological polar surface area (TPSA) is 96.5 Å². The van der Waals surface area contributed by atoms with Crippen molar-refractivity contribution in [2.24, 2.45) is 0 Å². The number of benzene rings is 2. The van der Waals surface area contributed by atoms with Gasteiger partial charge in [-0.25, -0.2) is 0 Å². The lowest BCUT2D eigenvalue weighted by Crippen LogP contribution is -2.48. The number of thioether (sulfide) groups is 1. The molecule has 3 N–H and O–H groups in total. The number of hydrogen-bond donors (Lipinski definition) is 3. The van der Waals surface area contributed by atoms with Crippen molar-refractivity contribution in [3.63, 3.8) is 0 Å². The minimum absolute atomic E-state index is 0.192. The summed E-state index contributed by atoms with van der Waals surface area (Å²) in [7, 11) is 0. The number of hydrogen-bond acceptors (Lipinski definition) is 5. The zero-order valence-electron chi connectivity index (χ0n) is 18.1. The summed E-state index contributed by atoms with van der Waals surface area (Å²) in [6, 6.07) is 13.4. The largest absolute Gasteiger partial charge is 0.494 e. The summed E-state index contributed by atoms with van der Waals surface area (Å²) in [4.78, 5) is 37.4. The molecule has 0 bridgehead atoms. The van der Waals surface area contributed by atoms with Crippen LogP contribution in [-0.4, -0.2) is 48.9 Å². The highest BCUT2D eigenvalue weighted by atomic mass is 32.2. The van der Waals surface area contributed by atoms with Gasteiger partial charge in [0.15, 0.2) is 0 Å². The van der Waals surface area contributed by atoms with E-state index in [2.05, 4.69) is 16.0 Å². The zero-order chi connectivity index (χ0) is 22.6. The van der Waals surface area contributed by atoms with Crippen LogP contribution >= 0.6 is 11.8 Å². The monoisotopic (exact) mass is 443 g/mol. The second-order valence-electron chi connectivity index (χ2n) is 6.90. The van der Waals surface area contributed by atoms with Crippen molar-refractivity contribution in [1.29, 1.82) is 0 Å². The maximum absolute atomic E-state index is 12.6.